The van der Waals surface area contributed by atoms with E-state index in [9.17, 15) is 4.79 Å². The van der Waals surface area contributed by atoms with E-state index in [1.165, 1.54) is 10.9 Å². The van der Waals surface area contributed by atoms with Gasteiger partial charge in [0.25, 0.3) is 5.91 Å². The number of imidazole rings is 1. The quantitative estimate of drug-likeness (QED) is 0.537. The maximum absolute atomic E-state index is 13.2. The van der Waals surface area contributed by atoms with Gasteiger partial charge in [-0.3, -0.25) is 4.79 Å². The third-order valence-electron chi connectivity index (χ3n) is 6.55. The van der Waals surface area contributed by atoms with Crippen molar-refractivity contribution in [1.82, 2.24) is 19.0 Å². The minimum atomic E-state index is -0.0706. The number of piperidine rings is 1. The fourth-order valence-corrected chi connectivity index (χ4v) is 4.91. The van der Waals surface area contributed by atoms with E-state index in [0.717, 1.165) is 35.5 Å². The van der Waals surface area contributed by atoms with Gasteiger partial charge in [0.15, 0.2) is 5.82 Å². The standard InChI is InChI=1S/C25H29N5O2/c1-4-30-21-8-6-5-7-16(21)12-23(30)24-27-20-11-17(9-10-22(20)28(24)2)25(31)29-14-18(26)13-19(15-29)32-3/h5-12,18-19H,4,13-15,26H2,1-3H3/t18-,19-/m0/s1. The third kappa shape index (κ3) is 3.38. The van der Waals surface area contributed by atoms with Gasteiger partial charge in [0.05, 0.1) is 22.8 Å². The fraction of sp³-hybridized carbons (Fsp3) is 0.360. The van der Waals surface area contributed by atoms with Gasteiger partial charge in [-0.05, 0) is 43.7 Å². The van der Waals surface area contributed by atoms with Crippen LogP contribution in [0.5, 0.6) is 0 Å². The van der Waals surface area contributed by atoms with Gasteiger partial charge in [-0.25, -0.2) is 4.98 Å². The van der Waals surface area contributed by atoms with Crippen LogP contribution >= 0.6 is 0 Å². The lowest BCUT2D eigenvalue weighted by Gasteiger charge is -2.35. The molecule has 2 aromatic carbocycles. The number of ether oxygens (including phenoxy) is 1. The summed E-state index contributed by atoms with van der Waals surface area (Å²) in [4.78, 5) is 19.9. The minimum Gasteiger partial charge on any atom is -0.380 e. The van der Waals surface area contributed by atoms with E-state index in [4.69, 9.17) is 15.5 Å². The van der Waals surface area contributed by atoms with Crippen molar-refractivity contribution in [2.45, 2.75) is 32.0 Å². The molecule has 1 saturated heterocycles. The molecule has 166 valence electrons. The molecule has 1 aliphatic rings. The molecule has 0 aliphatic carbocycles. The van der Waals surface area contributed by atoms with Crippen LogP contribution < -0.4 is 5.73 Å². The average molecular weight is 432 g/mol. The first-order valence-corrected chi connectivity index (χ1v) is 11.1. The number of carbonyl (C=O) groups excluding carboxylic acids is 1. The molecule has 0 bridgehead atoms. The van der Waals surface area contributed by atoms with Crippen LogP contribution in [0, 0.1) is 0 Å². The third-order valence-corrected chi connectivity index (χ3v) is 6.55. The number of fused-ring (bicyclic) bond motifs is 2. The van der Waals surface area contributed by atoms with Gasteiger partial charge >= 0.3 is 0 Å². The van der Waals surface area contributed by atoms with E-state index in [0.29, 0.717) is 18.7 Å². The van der Waals surface area contributed by atoms with Gasteiger partial charge in [0.2, 0.25) is 0 Å². The summed E-state index contributed by atoms with van der Waals surface area (Å²) >= 11 is 0. The van der Waals surface area contributed by atoms with Crippen molar-refractivity contribution in [3.05, 3.63) is 54.1 Å². The molecule has 0 unspecified atom stereocenters. The van der Waals surface area contributed by atoms with Gasteiger partial charge in [-0.15, -0.1) is 0 Å². The second kappa shape index (κ2) is 8.07. The van der Waals surface area contributed by atoms with Crippen molar-refractivity contribution in [3.8, 4) is 11.5 Å². The van der Waals surface area contributed by atoms with Crippen LogP contribution in [-0.4, -0.2) is 57.3 Å². The van der Waals surface area contributed by atoms with Crippen LogP contribution in [0.3, 0.4) is 0 Å². The van der Waals surface area contributed by atoms with Crippen molar-refractivity contribution < 1.29 is 9.53 Å². The summed E-state index contributed by atoms with van der Waals surface area (Å²) < 4.78 is 9.85. The highest BCUT2D eigenvalue weighted by Crippen LogP contribution is 2.30. The Balaban J connectivity index is 1.54. The number of carbonyl (C=O) groups is 1. The monoisotopic (exact) mass is 431 g/mol. The first kappa shape index (κ1) is 20.7. The SMILES string of the molecule is CCn1c(-c2nc3cc(C(=O)N4C[C@@H](N)C[C@H](OC)C4)ccc3n2C)cc2ccccc21. The molecule has 1 aliphatic heterocycles. The van der Waals surface area contributed by atoms with Gasteiger partial charge < -0.3 is 24.5 Å². The molecule has 4 aromatic rings. The van der Waals surface area contributed by atoms with Crippen molar-refractivity contribution >= 4 is 27.8 Å². The maximum Gasteiger partial charge on any atom is 0.254 e. The van der Waals surface area contributed by atoms with E-state index < -0.39 is 0 Å². The Hall–Kier alpha value is -3.16. The first-order valence-electron chi connectivity index (χ1n) is 11.1. The lowest BCUT2D eigenvalue weighted by atomic mass is 10.0. The molecule has 5 rings (SSSR count). The zero-order valence-electron chi connectivity index (χ0n) is 18.8. The highest BCUT2D eigenvalue weighted by Gasteiger charge is 2.29. The molecule has 2 aromatic heterocycles. The lowest BCUT2D eigenvalue weighted by Crippen LogP contribution is -2.51. The summed E-state index contributed by atoms with van der Waals surface area (Å²) in [6.07, 6.45) is 0.748. The Kier molecular flexibility index (Phi) is 5.23. The van der Waals surface area contributed by atoms with Gasteiger partial charge in [-0.1, -0.05) is 18.2 Å². The second-order valence-corrected chi connectivity index (χ2v) is 8.59. The Morgan fingerprint density at radius 2 is 1.97 bits per heavy atom. The van der Waals surface area contributed by atoms with Gasteiger partial charge in [-0.2, -0.15) is 0 Å². The summed E-state index contributed by atoms with van der Waals surface area (Å²) in [5.74, 6) is 0.862. The number of amides is 1. The molecule has 3 heterocycles. The van der Waals surface area contributed by atoms with Gasteiger partial charge in [0, 0.05) is 56.3 Å². The fourth-order valence-electron chi connectivity index (χ4n) is 4.91. The minimum absolute atomic E-state index is 0.0242. The normalized spacial score (nSPS) is 19.2. The van der Waals surface area contributed by atoms with Crippen molar-refractivity contribution in [3.63, 3.8) is 0 Å². The van der Waals surface area contributed by atoms with E-state index in [2.05, 4.69) is 46.4 Å². The van der Waals surface area contributed by atoms with Crippen LogP contribution in [0.25, 0.3) is 33.5 Å². The number of likely N-dealkylation sites (tertiary alicyclic amines) is 1. The maximum atomic E-state index is 13.2. The molecule has 0 spiro atoms. The molecule has 0 saturated carbocycles. The van der Waals surface area contributed by atoms with E-state index in [-0.39, 0.29) is 18.1 Å². The molecule has 1 amide bonds. The molecule has 7 nitrogen and oxygen atoms in total. The van der Waals surface area contributed by atoms with Crippen molar-refractivity contribution in [2.24, 2.45) is 12.8 Å². The molecular weight excluding hydrogens is 402 g/mol. The summed E-state index contributed by atoms with van der Waals surface area (Å²) in [6.45, 7) is 4.10. The number of rotatable bonds is 4. The van der Waals surface area contributed by atoms with Crippen LogP contribution in [0.1, 0.15) is 23.7 Å². The second-order valence-electron chi connectivity index (χ2n) is 8.59. The van der Waals surface area contributed by atoms with Crippen LogP contribution in [0.4, 0.5) is 0 Å². The number of hydrogen-bond donors (Lipinski definition) is 1. The molecular formula is C25H29N5O2. The van der Waals surface area contributed by atoms with Crippen LogP contribution in [0.15, 0.2) is 48.5 Å². The Labute approximate surface area is 187 Å². The molecule has 2 atom stereocenters. The van der Waals surface area contributed by atoms with E-state index >= 15 is 0 Å². The zero-order chi connectivity index (χ0) is 22.4. The number of aromatic nitrogens is 3. The van der Waals surface area contributed by atoms with Crippen molar-refractivity contribution in [1.29, 1.82) is 0 Å². The van der Waals surface area contributed by atoms with E-state index in [1.807, 2.05) is 25.2 Å². The average Bonchev–Trinajstić information content (AvgIpc) is 3.34. The smallest absolute Gasteiger partial charge is 0.254 e. The topological polar surface area (TPSA) is 78.3 Å². The van der Waals surface area contributed by atoms with Gasteiger partial charge in [0.1, 0.15) is 0 Å². The predicted octanol–water partition coefficient (Wildman–Crippen LogP) is 3.40. The number of hydrogen-bond acceptors (Lipinski definition) is 4. The first-order chi connectivity index (χ1) is 15.5. The number of aryl methyl sites for hydroxylation is 2. The molecule has 1 fully saturated rings. The highest BCUT2D eigenvalue weighted by atomic mass is 16.5. The number of nitrogens with zero attached hydrogens (tertiary/aromatic N) is 4. The number of nitrogens with two attached hydrogens (primary N) is 1. The summed E-state index contributed by atoms with van der Waals surface area (Å²) in [5, 5.41) is 1.20. The largest absolute Gasteiger partial charge is 0.380 e. The van der Waals surface area contributed by atoms with Crippen LogP contribution in [0.2, 0.25) is 0 Å². The summed E-state index contributed by atoms with van der Waals surface area (Å²) in [7, 11) is 3.69. The lowest BCUT2D eigenvalue weighted by molar-refractivity contribution is 0.0211. The summed E-state index contributed by atoms with van der Waals surface area (Å²) in [5.41, 5.74) is 10.9. The Bertz CT molecular complexity index is 1300. The zero-order valence-corrected chi connectivity index (χ0v) is 18.8. The Morgan fingerprint density at radius 3 is 2.75 bits per heavy atom. The molecule has 0 radical (unpaired) electrons. The van der Waals surface area contributed by atoms with Crippen molar-refractivity contribution in [2.75, 3.05) is 20.2 Å². The Morgan fingerprint density at radius 1 is 1.16 bits per heavy atom. The molecule has 7 heteroatoms. The number of methoxy groups -OCH3 is 1. The molecule has 32 heavy (non-hydrogen) atoms. The predicted molar refractivity (Wildman–Crippen MR) is 127 cm³/mol. The molecule has 2 N–H and O–H groups in total. The number of benzene rings is 2. The highest BCUT2D eigenvalue weighted by molar-refractivity contribution is 5.98. The number of para-hydroxylation sites is 1. The van der Waals surface area contributed by atoms with E-state index in [1.54, 1.807) is 12.0 Å². The van der Waals surface area contributed by atoms with Crippen LogP contribution in [-0.2, 0) is 18.3 Å². The summed E-state index contributed by atoms with van der Waals surface area (Å²) in [6, 6.07) is 16.3.